The van der Waals surface area contributed by atoms with E-state index in [1.165, 1.54) is 104 Å². The molecule has 0 spiro atoms. The van der Waals surface area contributed by atoms with Gasteiger partial charge in [0.15, 0.2) is 46.1 Å². The van der Waals surface area contributed by atoms with Crippen molar-refractivity contribution in [1.82, 2.24) is 19.8 Å². The summed E-state index contributed by atoms with van der Waals surface area (Å²) in [5, 5.41) is 30.1. The Morgan fingerprint density at radius 3 is 1.29 bits per heavy atom. The average molecular weight is 1240 g/mol. The molecule has 10 rings (SSSR count). The van der Waals surface area contributed by atoms with Crippen molar-refractivity contribution in [3.8, 4) is 46.0 Å². The van der Waals surface area contributed by atoms with E-state index in [0.717, 1.165) is 57.8 Å². The van der Waals surface area contributed by atoms with Crippen LogP contribution >= 0.6 is 0 Å². The van der Waals surface area contributed by atoms with Crippen molar-refractivity contribution in [2.75, 3.05) is 88.0 Å². The maximum absolute atomic E-state index is 15.2. The Morgan fingerprint density at radius 1 is 0.489 bits per heavy atom. The number of aromatic nitrogens is 2. The number of carbonyl (C=O) groups is 4. The largest absolute Gasteiger partial charge is 0.504 e. The van der Waals surface area contributed by atoms with Gasteiger partial charge in [-0.25, -0.2) is 17.6 Å². The van der Waals surface area contributed by atoms with Crippen molar-refractivity contribution >= 4 is 68.2 Å². The standard InChI is InChI=1S/C33H34F2N4O5.C27H21F2N3O5.C7H17NO/c1-4-39(5-2)16-17-43-30-19-24-26(20-29(30)42-3)36-15-12-27(24)44-28-11-10-23(18-25(28)35)38-32(41)33(13-14-33)31(40)37-22-8-6-21(34)7-9-22;1-36-24-14-20-18(13-21(24)33)22(8-11-30-20)37-23-7-6-17(12-19(23)29)32-26(35)27(9-10-27)25(34)31-16-4-2-15(28)3-5-16;1-3-8(4-2)6-5-7-9/h6-12,15,18-20H,4-5,13-14,16-17H2,1-3H3,(H,37,40)(H,38,41);2-8,11-14,33H,9-10H2,1H3,(H,31,34)(H,32,35);9H,3-7H2,1-2H3. The number of benzene rings is 6. The SMILES string of the molecule is CCN(CC)CCCO.CCN(CC)CCOc1cc2c(Oc3ccc(NC(=O)C4(C(=O)Nc5ccc(F)cc5)CC4)cc3F)ccnc2cc1OC.COc1cc2nccc(Oc3ccc(NC(=O)C4(C(=O)Nc5ccc(F)cc5)CC4)cc3F)c2cc1O. The number of anilines is 4. The van der Waals surface area contributed by atoms with Gasteiger partial charge in [-0.2, -0.15) is 0 Å². The summed E-state index contributed by atoms with van der Waals surface area (Å²) >= 11 is 0. The molecule has 6 aromatic carbocycles. The van der Waals surface area contributed by atoms with E-state index >= 15 is 4.39 Å². The molecule has 19 nitrogen and oxygen atoms in total. The zero-order valence-corrected chi connectivity index (χ0v) is 50.8. The van der Waals surface area contributed by atoms with Crippen molar-refractivity contribution in [3.63, 3.8) is 0 Å². The number of phenols is 1. The fraction of sp³-hybridized carbons (Fsp3) is 0.313. The third-order valence-electron chi connectivity index (χ3n) is 15.3. The van der Waals surface area contributed by atoms with Crippen molar-refractivity contribution in [1.29, 1.82) is 0 Å². The number of likely N-dealkylation sites (N-methyl/N-ethyl adjacent to an activating group) is 1. The molecule has 2 aliphatic carbocycles. The lowest BCUT2D eigenvalue weighted by atomic mass is 10.0. The molecular formula is C67H72F4N8O11. The van der Waals surface area contributed by atoms with Crippen molar-refractivity contribution in [3.05, 3.63) is 157 Å². The van der Waals surface area contributed by atoms with E-state index in [9.17, 15) is 37.5 Å². The van der Waals surface area contributed by atoms with Crippen molar-refractivity contribution < 1.29 is 70.6 Å². The van der Waals surface area contributed by atoms with E-state index in [1.54, 1.807) is 31.5 Å². The van der Waals surface area contributed by atoms with Gasteiger partial charge in [0, 0.05) is 89.9 Å². The van der Waals surface area contributed by atoms with Gasteiger partial charge in [0.1, 0.15) is 40.6 Å². The minimum absolute atomic E-state index is 0.0643. The zero-order chi connectivity index (χ0) is 64.5. The van der Waals surface area contributed by atoms with Crippen LogP contribution < -0.4 is 45.0 Å². The first kappa shape index (κ1) is 66.4. The number of aliphatic hydroxyl groups excluding tert-OH is 1. The first-order valence-electron chi connectivity index (χ1n) is 29.4. The molecule has 2 aromatic heterocycles. The molecule has 0 bridgehead atoms. The number of methoxy groups -OCH3 is 2. The van der Waals surface area contributed by atoms with Gasteiger partial charge in [0.05, 0.1) is 25.3 Å². The third kappa shape index (κ3) is 16.6. The van der Waals surface area contributed by atoms with Gasteiger partial charge in [-0.15, -0.1) is 0 Å². The summed E-state index contributed by atoms with van der Waals surface area (Å²) in [5.74, 6) is -2.88. The fourth-order valence-corrected chi connectivity index (χ4v) is 9.53. The van der Waals surface area contributed by atoms with Crippen LogP contribution in [-0.4, -0.2) is 120 Å². The summed E-state index contributed by atoms with van der Waals surface area (Å²) < 4.78 is 84.8. The molecule has 0 aliphatic heterocycles. The van der Waals surface area contributed by atoms with E-state index in [2.05, 4.69) is 68.7 Å². The molecule has 0 saturated heterocycles. The summed E-state index contributed by atoms with van der Waals surface area (Å²) in [6, 6.07) is 28.0. The van der Waals surface area contributed by atoms with Crippen molar-refractivity contribution in [2.45, 2.75) is 59.8 Å². The summed E-state index contributed by atoms with van der Waals surface area (Å²) in [5.41, 5.74) is -0.428. The number of amides is 4. The number of nitrogens with zero attached hydrogens (tertiary/aromatic N) is 4. The Labute approximate surface area is 518 Å². The highest BCUT2D eigenvalue weighted by Gasteiger charge is 2.57. The second kappa shape index (κ2) is 30.6. The maximum atomic E-state index is 15.2. The highest BCUT2D eigenvalue weighted by Crippen LogP contribution is 2.49. The lowest BCUT2D eigenvalue weighted by Gasteiger charge is -2.19. The fourth-order valence-electron chi connectivity index (χ4n) is 9.53. The number of pyridine rings is 2. The van der Waals surface area contributed by atoms with E-state index in [1.807, 2.05) is 0 Å². The highest BCUT2D eigenvalue weighted by molar-refractivity contribution is 6.18. The quantitative estimate of drug-likeness (QED) is 0.0231. The summed E-state index contributed by atoms with van der Waals surface area (Å²) in [6.45, 7) is 15.0. The monoisotopic (exact) mass is 1240 g/mol. The molecular weight excluding hydrogens is 1170 g/mol. The molecule has 2 fully saturated rings. The minimum atomic E-state index is -1.28. The van der Waals surface area contributed by atoms with Crippen LogP contribution in [0.15, 0.2) is 134 Å². The van der Waals surface area contributed by atoms with Gasteiger partial charge in [-0.3, -0.25) is 29.1 Å². The lowest BCUT2D eigenvalue weighted by molar-refractivity contribution is -0.132. The van der Waals surface area contributed by atoms with Crippen LogP contribution in [0.2, 0.25) is 0 Å². The first-order chi connectivity index (χ1) is 43.4. The van der Waals surface area contributed by atoms with Crippen LogP contribution in [0.25, 0.3) is 21.8 Å². The number of carbonyl (C=O) groups excluding carboxylic acids is 4. The van der Waals surface area contributed by atoms with Gasteiger partial charge in [-0.05, 0) is 155 Å². The number of hydrogen-bond acceptors (Lipinski definition) is 15. The zero-order valence-electron chi connectivity index (χ0n) is 50.8. The number of fused-ring (bicyclic) bond motifs is 2. The number of rotatable bonds is 25. The van der Waals surface area contributed by atoms with Gasteiger partial charge >= 0.3 is 0 Å². The minimum Gasteiger partial charge on any atom is -0.504 e. The number of aromatic hydroxyl groups is 1. The molecule has 0 atom stereocenters. The van der Waals surface area contributed by atoms with Crippen LogP contribution in [0.3, 0.4) is 0 Å². The van der Waals surface area contributed by atoms with Crippen molar-refractivity contribution in [2.24, 2.45) is 10.8 Å². The molecule has 6 N–H and O–H groups in total. The van der Waals surface area contributed by atoms with Crippen LogP contribution in [0, 0.1) is 34.1 Å². The summed E-state index contributed by atoms with van der Waals surface area (Å²) in [4.78, 5) is 64.6. The lowest BCUT2D eigenvalue weighted by Crippen LogP contribution is -2.35. The number of ether oxygens (including phenoxy) is 5. The normalized spacial score (nSPS) is 13.2. The van der Waals surface area contributed by atoms with E-state index in [0.29, 0.717) is 89.3 Å². The predicted octanol–water partition coefficient (Wildman–Crippen LogP) is 12.5. The molecule has 4 amide bonds. The Bertz CT molecular complexity index is 3810. The van der Waals surface area contributed by atoms with Gasteiger partial charge < -0.3 is 65.0 Å². The molecule has 474 valence electrons. The number of nitrogens with one attached hydrogen (secondary N) is 4. The Hall–Kier alpha value is -9.58. The molecule has 90 heavy (non-hydrogen) atoms. The molecule has 0 radical (unpaired) electrons. The molecule has 2 heterocycles. The van der Waals surface area contributed by atoms with E-state index < -0.39 is 57.7 Å². The maximum Gasteiger partial charge on any atom is 0.240 e. The summed E-state index contributed by atoms with van der Waals surface area (Å²) in [7, 11) is 2.97. The van der Waals surface area contributed by atoms with Gasteiger partial charge in [-0.1, -0.05) is 27.7 Å². The molecule has 2 aliphatic rings. The molecule has 23 heteroatoms. The number of halogens is 4. The first-order valence-corrected chi connectivity index (χ1v) is 29.4. The second-order valence-electron chi connectivity index (χ2n) is 21.1. The topological polar surface area (TPSA) is 235 Å². The van der Waals surface area contributed by atoms with Crippen LogP contribution in [0.1, 0.15) is 59.8 Å². The predicted molar refractivity (Wildman–Crippen MR) is 335 cm³/mol. The average Bonchev–Trinajstić information content (AvgIpc) is 1.59. The van der Waals surface area contributed by atoms with E-state index in [-0.39, 0.29) is 40.1 Å². The number of phenolic OH excluding ortho intramolecular Hbond substituents is 1. The summed E-state index contributed by atoms with van der Waals surface area (Å²) in [6.07, 6.45) is 5.29. The molecule has 8 aromatic rings. The Kier molecular flexibility index (Phi) is 22.5. The van der Waals surface area contributed by atoms with Crippen LogP contribution in [0.5, 0.6) is 46.0 Å². The third-order valence-corrected chi connectivity index (χ3v) is 15.3. The molecule has 0 unspecified atom stereocenters. The van der Waals surface area contributed by atoms with Gasteiger partial charge in [0.25, 0.3) is 0 Å². The molecule has 2 saturated carbocycles. The highest BCUT2D eigenvalue weighted by atomic mass is 19.1. The van der Waals surface area contributed by atoms with E-state index in [4.69, 9.17) is 28.8 Å². The number of aliphatic hydroxyl groups is 1. The number of hydrogen-bond donors (Lipinski definition) is 6. The smallest absolute Gasteiger partial charge is 0.240 e. The van der Waals surface area contributed by atoms with Crippen LogP contribution in [0.4, 0.5) is 40.3 Å². The second-order valence-corrected chi connectivity index (χ2v) is 21.1. The Morgan fingerprint density at radius 2 is 0.889 bits per heavy atom. The van der Waals surface area contributed by atoms with Gasteiger partial charge in [0.2, 0.25) is 23.6 Å². The Balaban J connectivity index is 0.000000206. The van der Waals surface area contributed by atoms with Crippen LogP contribution in [-0.2, 0) is 19.2 Å².